The number of benzene rings is 1. The monoisotopic (exact) mass is 446 g/mol. The number of fused-ring (bicyclic) bond motifs is 1. The molecular weight excluding hydrogens is 420 g/mol. The number of amides is 1. The number of amidine groups is 2. The summed E-state index contributed by atoms with van der Waals surface area (Å²) in [5.74, 6) is 0.638. The second-order valence-electron chi connectivity index (χ2n) is 6.77. The summed E-state index contributed by atoms with van der Waals surface area (Å²) < 4.78 is 0. The first-order chi connectivity index (χ1) is 14.2. The summed E-state index contributed by atoms with van der Waals surface area (Å²) in [5.41, 5.74) is 9.08. The lowest BCUT2D eigenvalue weighted by molar-refractivity contribution is -0.118. The number of nitrogens with two attached hydrogens (primary N) is 1. The lowest BCUT2D eigenvalue weighted by atomic mass is 10.00. The van der Waals surface area contributed by atoms with Crippen molar-refractivity contribution in [2.45, 2.75) is 27.7 Å². The molecule has 0 spiro atoms. The van der Waals surface area contributed by atoms with Gasteiger partial charge < -0.3 is 11.1 Å². The Bertz CT molecular complexity index is 980. The lowest BCUT2D eigenvalue weighted by Crippen LogP contribution is -2.35. The van der Waals surface area contributed by atoms with E-state index in [-0.39, 0.29) is 12.5 Å². The fourth-order valence-corrected chi connectivity index (χ4v) is 4.28. The zero-order valence-corrected chi connectivity index (χ0v) is 19.2. The van der Waals surface area contributed by atoms with Crippen molar-refractivity contribution in [1.29, 1.82) is 10.8 Å². The third-order valence-corrected chi connectivity index (χ3v) is 5.88. The third-order valence-electron chi connectivity index (χ3n) is 4.43. The first-order valence-electron chi connectivity index (χ1n) is 9.45. The highest BCUT2D eigenvalue weighted by Crippen LogP contribution is 2.38. The Morgan fingerprint density at radius 1 is 1.30 bits per heavy atom. The maximum absolute atomic E-state index is 10.0. The molecule has 2 heterocycles. The van der Waals surface area contributed by atoms with Crippen LogP contribution in [0.2, 0.25) is 5.02 Å². The largest absolute Gasteiger partial charge is 0.355 e. The Hall–Kier alpha value is -2.55. The zero-order chi connectivity index (χ0) is 22.4. The molecule has 1 aliphatic heterocycles. The van der Waals surface area contributed by atoms with E-state index >= 15 is 0 Å². The van der Waals surface area contributed by atoms with Crippen molar-refractivity contribution in [3.8, 4) is 0 Å². The van der Waals surface area contributed by atoms with Crippen molar-refractivity contribution in [3.05, 3.63) is 50.9 Å². The molecule has 160 valence electrons. The van der Waals surface area contributed by atoms with Crippen molar-refractivity contribution < 1.29 is 4.79 Å². The van der Waals surface area contributed by atoms with Gasteiger partial charge >= 0.3 is 0 Å². The van der Waals surface area contributed by atoms with Crippen LogP contribution in [0.1, 0.15) is 35.4 Å². The van der Waals surface area contributed by atoms with E-state index in [4.69, 9.17) is 28.2 Å². The summed E-state index contributed by atoms with van der Waals surface area (Å²) in [6.45, 7) is 8.66. The molecule has 1 amide bonds. The van der Waals surface area contributed by atoms with Crippen molar-refractivity contribution in [2.75, 3.05) is 24.5 Å². The molecule has 0 radical (unpaired) electrons. The van der Waals surface area contributed by atoms with Crippen LogP contribution >= 0.6 is 22.9 Å². The second kappa shape index (κ2) is 10.5. The molecule has 1 aliphatic rings. The van der Waals surface area contributed by atoms with E-state index in [2.05, 4.69) is 24.2 Å². The van der Waals surface area contributed by atoms with Gasteiger partial charge in [-0.05, 0) is 38.5 Å². The normalized spacial score (nSPS) is 12.9. The number of anilines is 1. The van der Waals surface area contributed by atoms with Crippen LogP contribution in [0.15, 0.2) is 29.3 Å². The van der Waals surface area contributed by atoms with Crippen LogP contribution in [-0.2, 0) is 4.79 Å². The van der Waals surface area contributed by atoms with Gasteiger partial charge in [-0.3, -0.25) is 25.5 Å². The van der Waals surface area contributed by atoms with Crippen LogP contribution in [0, 0.1) is 24.7 Å². The van der Waals surface area contributed by atoms with Gasteiger partial charge in [0.25, 0.3) is 0 Å². The average molecular weight is 447 g/mol. The Balaban J connectivity index is 0.000000396. The highest BCUT2D eigenvalue weighted by molar-refractivity contribution is 7.17. The second-order valence-corrected chi connectivity index (χ2v) is 8.41. The number of hydrogen-bond acceptors (Lipinski definition) is 6. The maximum atomic E-state index is 10.0. The van der Waals surface area contributed by atoms with Crippen LogP contribution in [0.25, 0.3) is 0 Å². The van der Waals surface area contributed by atoms with Crippen molar-refractivity contribution >= 4 is 51.2 Å². The maximum Gasteiger partial charge on any atom is 0.216 e. The smallest absolute Gasteiger partial charge is 0.216 e. The summed E-state index contributed by atoms with van der Waals surface area (Å²) in [6, 6.07) is 7.61. The molecule has 9 heteroatoms. The Morgan fingerprint density at radius 3 is 2.43 bits per heavy atom. The molecular formula is C21H27ClN6OS. The van der Waals surface area contributed by atoms with Crippen molar-refractivity contribution in [3.63, 3.8) is 0 Å². The molecule has 5 N–H and O–H groups in total. The van der Waals surface area contributed by atoms with Crippen LogP contribution in [0.5, 0.6) is 0 Å². The van der Waals surface area contributed by atoms with E-state index in [1.165, 1.54) is 11.8 Å². The van der Waals surface area contributed by atoms with Gasteiger partial charge in [-0.25, -0.2) is 0 Å². The van der Waals surface area contributed by atoms with Crippen molar-refractivity contribution in [1.82, 2.24) is 5.32 Å². The van der Waals surface area contributed by atoms with Crippen LogP contribution in [0.4, 0.5) is 5.00 Å². The summed E-state index contributed by atoms with van der Waals surface area (Å²) in [7, 11) is 0. The highest BCUT2D eigenvalue weighted by Gasteiger charge is 2.28. The summed E-state index contributed by atoms with van der Waals surface area (Å²) >= 11 is 7.61. The molecule has 0 bridgehead atoms. The number of nitrogens with zero attached hydrogens (tertiary/aromatic N) is 2. The number of aliphatic imine (C=N–C) groups is 1. The molecule has 0 fully saturated rings. The topological polar surface area (TPSA) is 118 Å². The average Bonchev–Trinajstić information content (AvgIpc) is 2.87. The first-order valence-corrected chi connectivity index (χ1v) is 10.6. The standard InChI is InChI=1S/C17H17ClN4S.C4H10N2O/c1-9-10(2)23-17-15(9)16(12-4-6-13(18)7-5-12)21-8-14(20)22(17)11(3)19;1-4(7)6-3-2-5/h4-7,19-20H,8H2,1-3H3;2-3,5H2,1H3,(H,6,7). The quantitative estimate of drug-likeness (QED) is 0.424. The number of hydrogen-bond donors (Lipinski definition) is 4. The molecule has 0 saturated carbocycles. The van der Waals surface area contributed by atoms with E-state index in [1.807, 2.05) is 24.3 Å². The van der Waals surface area contributed by atoms with E-state index in [0.29, 0.717) is 29.8 Å². The molecule has 30 heavy (non-hydrogen) atoms. The molecule has 2 aromatic rings. The number of rotatable bonds is 3. The highest BCUT2D eigenvalue weighted by atomic mass is 35.5. The molecule has 3 rings (SSSR count). The van der Waals surface area contributed by atoms with Gasteiger partial charge in [0.1, 0.15) is 16.7 Å². The lowest BCUT2D eigenvalue weighted by Gasteiger charge is -2.21. The van der Waals surface area contributed by atoms with Gasteiger partial charge in [0, 0.05) is 41.0 Å². The minimum atomic E-state index is -0.0227. The number of carbonyl (C=O) groups excluding carboxylic acids is 1. The zero-order valence-electron chi connectivity index (χ0n) is 17.6. The Kier molecular flexibility index (Phi) is 8.28. The molecule has 0 atom stereocenters. The van der Waals surface area contributed by atoms with Gasteiger partial charge in [-0.2, -0.15) is 0 Å². The number of carbonyl (C=O) groups is 1. The molecule has 1 aromatic heterocycles. The van der Waals surface area contributed by atoms with E-state index in [1.54, 1.807) is 23.2 Å². The molecule has 0 unspecified atom stereocenters. The number of thiophene rings is 1. The molecule has 7 nitrogen and oxygen atoms in total. The predicted octanol–water partition coefficient (Wildman–Crippen LogP) is 3.73. The van der Waals surface area contributed by atoms with E-state index in [9.17, 15) is 4.79 Å². The third kappa shape index (κ3) is 5.53. The fourth-order valence-electron chi connectivity index (χ4n) is 2.92. The fraction of sp³-hybridized carbons (Fsp3) is 0.333. The SMILES string of the molecule is CC(=N)N1C(=N)CN=C(c2ccc(Cl)cc2)c2c1sc(C)c2C.CC(=O)NCCN. The van der Waals surface area contributed by atoms with Crippen LogP contribution in [0.3, 0.4) is 0 Å². The van der Waals surface area contributed by atoms with Gasteiger partial charge in [0.05, 0.1) is 12.3 Å². The van der Waals surface area contributed by atoms with E-state index in [0.717, 1.165) is 27.4 Å². The van der Waals surface area contributed by atoms with Gasteiger partial charge in [-0.1, -0.05) is 23.7 Å². The summed E-state index contributed by atoms with van der Waals surface area (Å²) in [5, 5.41) is 20.4. The van der Waals surface area contributed by atoms with E-state index < -0.39 is 0 Å². The minimum absolute atomic E-state index is 0.0227. The number of halogens is 1. The summed E-state index contributed by atoms with van der Waals surface area (Å²) in [4.78, 5) is 17.6. The first kappa shape index (κ1) is 23.7. The molecule has 0 saturated heterocycles. The molecule has 1 aromatic carbocycles. The van der Waals surface area contributed by atoms with Crippen LogP contribution in [-0.4, -0.2) is 42.9 Å². The molecule has 0 aliphatic carbocycles. The summed E-state index contributed by atoms with van der Waals surface area (Å²) in [6.07, 6.45) is 0. The van der Waals surface area contributed by atoms with Gasteiger partial charge in [0.15, 0.2) is 0 Å². The number of aryl methyl sites for hydroxylation is 1. The van der Waals surface area contributed by atoms with Gasteiger partial charge in [-0.15, -0.1) is 11.3 Å². The van der Waals surface area contributed by atoms with Crippen LogP contribution < -0.4 is 16.0 Å². The number of nitrogens with one attached hydrogen (secondary N) is 3. The predicted molar refractivity (Wildman–Crippen MR) is 127 cm³/mol. The van der Waals surface area contributed by atoms with Gasteiger partial charge in [0.2, 0.25) is 5.91 Å². The Morgan fingerprint density at radius 2 is 1.93 bits per heavy atom. The Labute approximate surface area is 186 Å². The minimum Gasteiger partial charge on any atom is -0.355 e. The van der Waals surface area contributed by atoms with Crippen molar-refractivity contribution in [2.24, 2.45) is 10.7 Å².